The van der Waals surface area contributed by atoms with Gasteiger partial charge >= 0.3 is 0 Å². The van der Waals surface area contributed by atoms with Crippen LogP contribution in [-0.2, 0) is 9.59 Å². The van der Waals surface area contributed by atoms with Crippen LogP contribution in [-0.4, -0.2) is 23.3 Å². The first-order chi connectivity index (χ1) is 13.2. The zero-order chi connectivity index (χ0) is 20.6. The summed E-state index contributed by atoms with van der Waals surface area (Å²) in [7, 11) is 0. The highest BCUT2D eigenvalue weighted by atomic mass is 79.9. The monoisotopic (exact) mass is 465 g/mol. The van der Waals surface area contributed by atoms with Crippen LogP contribution < -0.4 is 10.2 Å². The molecule has 28 heavy (non-hydrogen) atoms. The van der Waals surface area contributed by atoms with E-state index >= 15 is 0 Å². The van der Waals surface area contributed by atoms with Crippen LogP contribution in [0.15, 0.2) is 34.8 Å². The third-order valence-electron chi connectivity index (χ3n) is 4.72. The second-order valence-corrected chi connectivity index (χ2v) is 7.97. The van der Waals surface area contributed by atoms with E-state index in [0.29, 0.717) is 22.0 Å². The van der Waals surface area contributed by atoms with Gasteiger partial charge in [0.25, 0.3) is 5.69 Å². The van der Waals surface area contributed by atoms with E-state index < -0.39 is 10.8 Å². The fraction of sp³-hybridized carbons (Fsp3) is 0.263. The van der Waals surface area contributed by atoms with Crippen molar-refractivity contribution in [3.63, 3.8) is 0 Å². The van der Waals surface area contributed by atoms with E-state index in [4.69, 9.17) is 11.6 Å². The summed E-state index contributed by atoms with van der Waals surface area (Å²) in [5.74, 6) is -1.10. The van der Waals surface area contributed by atoms with Crippen molar-refractivity contribution in [1.29, 1.82) is 0 Å². The number of halogens is 2. The molecular formula is C19H17BrClN3O4. The van der Waals surface area contributed by atoms with Gasteiger partial charge in [0.2, 0.25) is 11.8 Å². The van der Waals surface area contributed by atoms with Crippen molar-refractivity contribution in [2.75, 3.05) is 16.8 Å². The standard InChI is InChI=1S/C19H17BrClN3O4/c1-10-3-4-13(7-17(10)24(27)28)23-9-12(6-18(23)25)19(26)22-16-8-15(21)14(20)5-11(16)2/h3-5,7-8,12H,6,9H2,1-2H3,(H,22,26)/t12-/m1/s1. The van der Waals surface area contributed by atoms with Gasteiger partial charge in [0, 0.05) is 34.8 Å². The van der Waals surface area contributed by atoms with Gasteiger partial charge in [-0.2, -0.15) is 0 Å². The smallest absolute Gasteiger partial charge is 0.274 e. The van der Waals surface area contributed by atoms with Crippen molar-refractivity contribution in [2.24, 2.45) is 5.92 Å². The molecule has 9 heteroatoms. The quantitative estimate of drug-likeness (QED) is 0.526. The van der Waals surface area contributed by atoms with Crippen molar-refractivity contribution >= 4 is 56.4 Å². The van der Waals surface area contributed by atoms with Crippen LogP contribution in [0, 0.1) is 29.9 Å². The Bertz CT molecular complexity index is 995. The molecule has 0 aliphatic carbocycles. The van der Waals surface area contributed by atoms with Crippen LogP contribution in [0.3, 0.4) is 0 Å². The Balaban J connectivity index is 1.77. The fourth-order valence-corrected chi connectivity index (χ4v) is 3.73. The Kier molecular flexibility index (Phi) is 5.71. The maximum absolute atomic E-state index is 12.7. The van der Waals surface area contributed by atoms with Crippen LogP contribution in [0.25, 0.3) is 0 Å². The third-order valence-corrected chi connectivity index (χ3v) is 5.92. The van der Waals surface area contributed by atoms with E-state index in [2.05, 4.69) is 21.2 Å². The Labute approximate surface area is 174 Å². The molecule has 0 spiro atoms. The lowest BCUT2D eigenvalue weighted by atomic mass is 10.1. The number of hydrogen-bond donors (Lipinski definition) is 1. The van der Waals surface area contributed by atoms with E-state index in [1.165, 1.54) is 11.0 Å². The minimum absolute atomic E-state index is 0.0385. The lowest BCUT2D eigenvalue weighted by Crippen LogP contribution is -2.28. The molecule has 2 aromatic carbocycles. The number of carbonyl (C=O) groups excluding carboxylic acids is 2. The van der Waals surface area contributed by atoms with Crippen LogP contribution in [0.4, 0.5) is 17.1 Å². The molecule has 1 heterocycles. The second kappa shape index (κ2) is 7.89. The summed E-state index contributed by atoms with van der Waals surface area (Å²) in [5.41, 5.74) is 2.28. The van der Waals surface area contributed by atoms with Gasteiger partial charge in [-0.05, 0) is 53.5 Å². The van der Waals surface area contributed by atoms with E-state index in [9.17, 15) is 19.7 Å². The molecule has 0 unspecified atom stereocenters. The molecule has 7 nitrogen and oxygen atoms in total. The second-order valence-electron chi connectivity index (χ2n) is 6.70. The van der Waals surface area contributed by atoms with E-state index in [-0.39, 0.29) is 30.5 Å². The first-order valence-corrected chi connectivity index (χ1v) is 9.66. The van der Waals surface area contributed by atoms with Gasteiger partial charge in [0.1, 0.15) is 0 Å². The molecule has 2 aromatic rings. The van der Waals surface area contributed by atoms with Crippen LogP contribution in [0.1, 0.15) is 17.5 Å². The SMILES string of the molecule is Cc1cc(Br)c(Cl)cc1NC(=O)[C@@H]1CC(=O)N(c2ccc(C)c([N+](=O)[O-])c2)C1. The Morgan fingerprint density at radius 1 is 1.29 bits per heavy atom. The number of nitrogens with one attached hydrogen (secondary N) is 1. The molecular weight excluding hydrogens is 450 g/mol. The van der Waals surface area contributed by atoms with Crippen molar-refractivity contribution in [2.45, 2.75) is 20.3 Å². The molecule has 0 radical (unpaired) electrons. The fourth-order valence-electron chi connectivity index (χ4n) is 3.11. The highest BCUT2D eigenvalue weighted by Gasteiger charge is 2.36. The van der Waals surface area contributed by atoms with Gasteiger partial charge in [0.15, 0.2) is 0 Å². The molecule has 0 bridgehead atoms. The third kappa shape index (κ3) is 4.02. The van der Waals surface area contributed by atoms with Gasteiger partial charge < -0.3 is 10.2 Å². The molecule has 0 aromatic heterocycles. The van der Waals surface area contributed by atoms with Crippen LogP contribution in [0.2, 0.25) is 5.02 Å². The Hall–Kier alpha value is -2.45. The first-order valence-electron chi connectivity index (χ1n) is 8.49. The lowest BCUT2D eigenvalue weighted by Gasteiger charge is -2.17. The molecule has 1 aliphatic heterocycles. The lowest BCUT2D eigenvalue weighted by molar-refractivity contribution is -0.385. The van der Waals surface area contributed by atoms with Gasteiger partial charge in [-0.15, -0.1) is 0 Å². The van der Waals surface area contributed by atoms with E-state index in [0.717, 1.165) is 10.0 Å². The molecule has 1 N–H and O–H groups in total. The van der Waals surface area contributed by atoms with Gasteiger partial charge in [-0.3, -0.25) is 19.7 Å². The van der Waals surface area contributed by atoms with Crippen LogP contribution >= 0.6 is 27.5 Å². The number of anilines is 2. The van der Waals surface area contributed by atoms with Crippen molar-refractivity contribution in [1.82, 2.24) is 0 Å². The number of nitrogens with zero attached hydrogens (tertiary/aromatic N) is 2. The first kappa shape index (κ1) is 20.3. The summed E-state index contributed by atoms with van der Waals surface area (Å²) in [5, 5.41) is 14.4. The van der Waals surface area contributed by atoms with Gasteiger partial charge in [-0.25, -0.2) is 0 Å². The number of aryl methyl sites for hydroxylation is 2. The highest BCUT2D eigenvalue weighted by Crippen LogP contribution is 2.32. The normalized spacial score (nSPS) is 16.4. The van der Waals surface area contributed by atoms with Gasteiger partial charge in [0.05, 0.1) is 21.6 Å². The van der Waals surface area contributed by atoms with Crippen LogP contribution in [0.5, 0.6) is 0 Å². The molecule has 1 saturated heterocycles. The number of carbonyl (C=O) groups is 2. The molecule has 2 amide bonds. The molecule has 0 saturated carbocycles. The Morgan fingerprint density at radius 2 is 2.00 bits per heavy atom. The maximum Gasteiger partial charge on any atom is 0.274 e. The maximum atomic E-state index is 12.7. The average molecular weight is 467 g/mol. The summed E-state index contributed by atoms with van der Waals surface area (Å²) < 4.78 is 0.729. The minimum atomic E-state index is -0.560. The number of benzene rings is 2. The Morgan fingerprint density at radius 3 is 2.68 bits per heavy atom. The summed E-state index contributed by atoms with van der Waals surface area (Å²) in [6.45, 7) is 3.64. The van der Waals surface area contributed by atoms with Crippen molar-refractivity contribution < 1.29 is 14.5 Å². The predicted octanol–water partition coefficient (Wildman–Crippen LogP) is 4.62. The van der Waals surface area contributed by atoms with Gasteiger partial charge in [-0.1, -0.05) is 17.7 Å². The molecule has 1 aliphatic rings. The zero-order valence-electron chi connectivity index (χ0n) is 15.2. The van der Waals surface area contributed by atoms with Crippen molar-refractivity contribution in [3.8, 4) is 0 Å². The topological polar surface area (TPSA) is 92.6 Å². The minimum Gasteiger partial charge on any atom is -0.325 e. The van der Waals surface area contributed by atoms with Crippen molar-refractivity contribution in [3.05, 3.63) is 61.1 Å². The summed E-state index contributed by atoms with van der Waals surface area (Å²) >= 11 is 9.42. The zero-order valence-corrected chi connectivity index (χ0v) is 17.5. The number of hydrogen-bond acceptors (Lipinski definition) is 4. The average Bonchev–Trinajstić information content (AvgIpc) is 3.01. The summed E-state index contributed by atoms with van der Waals surface area (Å²) in [6, 6.07) is 8.07. The molecule has 1 atom stereocenters. The highest BCUT2D eigenvalue weighted by molar-refractivity contribution is 9.10. The predicted molar refractivity (Wildman–Crippen MR) is 111 cm³/mol. The molecule has 3 rings (SSSR count). The summed E-state index contributed by atoms with van der Waals surface area (Å²) in [6.07, 6.45) is 0.0385. The number of rotatable bonds is 4. The summed E-state index contributed by atoms with van der Waals surface area (Å²) in [4.78, 5) is 37.2. The molecule has 1 fully saturated rings. The number of nitro benzene ring substituents is 1. The van der Waals surface area contributed by atoms with E-state index in [1.807, 2.05) is 6.92 Å². The largest absolute Gasteiger partial charge is 0.325 e. The molecule has 146 valence electrons. The van der Waals surface area contributed by atoms with E-state index in [1.54, 1.807) is 31.2 Å². The number of nitro groups is 1. The number of amides is 2.